The van der Waals surface area contributed by atoms with Crippen LogP contribution >= 0.6 is 0 Å². The van der Waals surface area contributed by atoms with Crippen LogP contribution in [0.4, 0.5) is 0 Å². The molecule has 4 nitrogen and oxygen atoms in total. The van der Waals surface area contributed by atoms with Crippen molar-refractivity contribution in [3.8, 4) is 11.1 Å². The van der Waals surface area contributed by atoms with Gasteiger partial charge >= 0.3 is 5.97 Å². The number of aromatic nitrogens is 2. The van der Waals surface area contributed by atoms with E-state index in [4.69, 9.17) is 0 Å². The van der Waals surface area contributed by atoms with Crippen LogP contribution in [0.15, 0.2) is 24.3 Å². The van der Waals surface area contributed by atoms with Gasteiger partial charge in [0.1, 0.15) is 0 Å². The Labute approximate surface area is 112 Å². The third-order valence-corrected chi connectivity index (χ3v) is 3.40. The number of hydrogen-bond acceptors (Lipinski definition) is 2. The average molecular weight is 258 g/mol. The van der Waals surface area contributed by atoms with E-state index in [0.29, 0.717) is 11.5 Å². The normalized spacial score (nSPS) is 11.0. The summed E-state index contributed by atoms with van der Waals surface area (Å²) < 4.78 is 1.61. The molecule has 0 spiro atoms. The third-order valence-electron chi connectivity index (χ3n) is 3.40. The van der Waals surface area contributed by atoms with E-state index in [9.17, 15) is 9.90 Å². The summed E-state index contributed by atoms with van der Waals surface area (Å²) in [6.07, 6.45) is 0. The molecule has 2 aromatic rings. The van der Waals surface area contributed by atoms with Crippen LogP contribution in [0.3, 0.4) is 0 Å². The lowest BCUT2D eigenvalue weighted by molar-refractivity contribution is 0.0690. The molecule has 2 rings (SSSR count). The van der Waals surface area contributed by atoms with Gasteiger partial charge < -0.3 is 5.11 Å². The van der Waals surface area contributed by atoms with Gasteiger partial charge in [-0.2, -0.15) is 5.10 Å². The second kappa shape index (κ2) is 4.88. The molecule has 1 aromatic carbocycles. The van der Waals surface area contributed by atoms with Crippen molar-refractivity contribution in [2.75, 3.05) is 0 Å². The third kappa shape index (κ3) is 2.38. The first kappa shape index (κ1) is 13.3. The van der Waals surface area contributed by atoms with Crippen LogP contribution < -0.4 is 0 Å². The molecule has 0 amide bonds. The van der Waals surface area contributed by atoms with Crippen LogP contribution in [-0.2, 0) is 7.05 Å². The molecule has 0 saturated heterocycles. The number of carbonyl (C=O) groups is 1. The van der Waals surface area contributed by atoms with Crippen LogP contribution in [0.5, 0.6) is 0 Å². The van der Waals surface area contributed by atoms with E-state index in [2.05, 4.69) is 18.9 Å². The second-order valence-corrected chi connectivity index (χ2v) is 5.01. The first-order valence-electron chi connectivity index (χ1n) is 6.29. The molecule has 0 fully saturated rings. The number of aromatic carboxylic acids is 1. The molecule has 100 valence electrons. The molecule has 0 aliphatic rings. The highest BCUT2D eigenvalue weighted by Gasteiger charge is 2.20. The highest BCUT2D eigenvalue weighted by molar-refractivity contribution is 5.94. The van der Waals surface area contributed by atoms with Gasteiger partial charge in [0.25, 0.3) is 0 Å². The number of rotatable bonds is 3. The van der Waals surface area contributed by atoms with Crippen molar-refractivity contribution < 1.29 is 9.90 Å². The van der Waals surface area contributed by atoms with E-state index >= 15 is 0 Å². The Bertz CT molecular complexity index is 610. The average Bonchev–Trinajstić information content (AvgIpc) is 2.66. The minimum Gasteiger partial charge on any atom is -0.476 e. The summed E-state index contributed by atoms with van der Waals surface area (Å²) in [6, 6.07) is 8.01. The summed E-state index contributed by atoms with van der Waals surface area (Å²) in [4.78, 5) is 11.3. The maximum atomic E-state index is 11.3. The van der Waals surface area contributed by atoms with Crippen molar-refractivity contribution in [3.05, 3.63) is 41.2 Å². The van der Waals surface area contributed by atoms with Crippen molar-refractivity contribution in [3.63, 3.8) is 0 Å². The summed E-state index contributed by atoms with van der Waals surface area (Å²) in [5, 5.41) is 13.3. The van der Waals surface area contributed by atoms with Crippen LogP contribution in [0.1, 0.15) is 41.5 Å². The van der Waals surface area contributed by atoms with Gasteiger partial charge in [-0.15, -0.1) is 0 Å². The number of aryl methyl sites for hydroxylation is 1. The summed E-state index contributed by atoms with van der Waals surface area (Å²) in [6.45, 7) is 6.14. The van der Waals surface area contributed by atoms with Gasteiger partial charge in [0.05, 0.1) is 0 Å². The number of nitrogens with zero attached hydrogens (tertiary/aromatic N) is 2. The van der Waals surface area contributed by atoms with Crippen molar-refractivity contribution in [1.82, 2.24) is 9.78 Å². The molecule has 0 aliphatic heterocycles. The van der Waals surface area contributed by atoms with E-state index in [1.807, 2.05) is 31.2 Å². The van der Waals surface area contributed by atoms with Gasteiger partial charge in [-0.25, -0.2) is 4.79 Å². The standard InChI is InChI=1S/C15H18N2O2/c1-9(2)11-5-7-12(8-6-11)13-10(3)17(4)16-14(13)15(18)19/h5-9H,1-4H3,(H,18,19). The van der Waals surface area contributed by atoms with Crippen molar-refractivity contribution in [2.45, 2.75) is 26.7 Å². The van der Waals surface area contributed by atoms with E-state index in [0.717, 1.165) is 11.3 Å². The Hall–Kier alpha value is -2.10. The second-order valence-electron chi connectivity index (χ2n) is 5.01. The first-order valence-corrected chi connectivity index (χ1v) is 6.29. The predicted molar refractivity (Wildman–Crippen MR) is 74.4 cm³/mol. The molecule has 1 N–H and O–H groups in total. The Morgan fingerprint density at radius 3 is 2.32 bits per heavy atom. The lowest BCUT2D eigenvalue weighted by Crippen LogP contribution is -2.00. The monoisotopic (exact) mass is 258 g/mol. The Balaban J connectivity index is 2.55. The number of benzene rings is 1. The van der Waals surface area contributed by atoms with Crippen LogP contribution in [0.25, 0.3) is 11.1 Å². The van der Waals surface area contributed by atoms with Crippen LogP contribution in [0, 0.1) is 6.92 Å². The molecule has 0 atom stereocenters. The minimum absolute atomic E-state index is 0.109. The molecule has 1 heterocycles. The quantitative estimate of drug-likeness (QED) is 0.919. The van der Waals surface area contributed by atoms with Gasteiger partial charge in [0.15, 0.2) is 5.69 Å². The predicted octanol–water partition coefficient (Wildman–Crippen LogP) is 3.22. The summed E-state index contributed by atoms with van der Waals surface area (Å²) >= 11 is 0. The molecule has 0 saturated carbocycles. The topological polar surface area (TPSA) is 55.1 Å². The molecule has 0 radical (unpaired) electrons. The fourth-order valence-electron chi connectivity index (χ4n) is 2.14. The van der Waals surface area contributed by atoms with Crippen molar-refractivity contribution in [2.24, 2.45) is 7.05 Å². The maximum Gasteiger partial charge on any atom is 0.357 e. The Morgan fingerprint density at radius 2 is 1.84 bits per heavy atom. The molecule has 4 heteroatoms. The Kier molecular flexibility index (Phi) is 3.42. The fraction of sp³-hybridized carbons (Fsp3) is 0.333. The number of hydrogen-bond donors (Lipinski definition) is 1. The zero-order valence-electron chi connectivity index (χ0n) is 11.6. The molecule has 19 heavy (non-hydrogen) atoms. The lowest BCUT2D eigenvalue weighted by Gasteiger charge is -2.07. The van der Waals surface area contributed by atoms with E-state index in [-0.39, 0.29) is 5.69 Å². The van der Waals surface area contributed by atoms with E-state index < -0.39 is 5.97 Å². The van der Waals surface area contributed by atoms with Gasteiger partial charge in [-0.3, -0.25) is 4.68 Å². The van der Waals surface area contributed by atoms with Crippen molar-refractivity contribution in [1.29, 1.82) is 0 Å². The van der Waals surface area contributed by atoms with Gasteiger partial charge in [0.2, 0.25) is 0 Å². The van der Waals surface area contributed by atoms with E-state index in [1.54, 1.807) is 11.7 Å². The molecule has 0 unspecified atom stereocenters. The Morgan fingerprint density at radius 1 is 1.26 bits per heavy atom. The summed E-state index contributed by atoms with van der Waals surface area (Å²) in [5.41, 5.74) is 3.80. The van der Waals surface area contributed by atoms with Gasteiger partial charge in [0, 0.05) is 18.3 Å². The lowest BCUT2D eigenvalue weighted by atomic mass is 9.98. The molecule has 0 bridgehead atoms. The SMILES string of the molecule is Cc1c(-c2ccc(C(C)C)cc2)c(C(=O)O)nn1C. The molecular weight excluding hydrogens is 240 g/mol. The van der Waals surface area contributed by atoms with Gasteiger partial charge in [-0.05, 0) is 24.0 Å². The maximum absolute atomic E-state index is 11.3. The highest BCUT2D eigenvalue weighted by atomic mass is 16.4. The van der Waals surface area contributed by atoms with Crippen LogP contribution in [0.2, 0.25) is 0 Å². The zero-order chi connectivity index (χ0) is 14.2. The molecular formula is C15H18N2O2. The first-order chi connectivity index (χ1) is 8.91. The zero-order valence-corrected chi connectivity index (χ0v) is 11.6. The fourth-order valence-corrected chi connectivity index (χ4v) is 2.14. The molecule has 1 aromatic heterocycles. The smallest absolute Gasteiger partial charge is 0.357 e. The molecule has 0 aliphatic carbocycles. The van der Waals surface area contributed by atoms with Gasteiger partial charge in [-0.1, -0.05) is 38.1 Å². The van der Waals surface area contributed by atoms with Crippen molar-refractivity contribution >= 4 is 5.97 Å². The minimum atomic E-state index is -0.994. The van der Waals surface area contributed by atoms with Crippen LogP contribution in [-0.4, -0.2) is 20.9 Å². The highest BCUT2D eigenvalue weighted by Crippen LogP contribution is 2.28. The largest absolute Gasteiger partial charge is 0.476 e. The summed E-state index contributed by atoms with van der Waals surface area (Å²) in [7, 11) is 1.76. The number of carboxylic acid groups (broad SMARTS) is 1. The number of carboxylic acids is 1. The van der Waals surface area contributed by atoms with E-state index in [1.165, 1.54) is 5.56 Å². The summed E-state index contributed by atoms with van der Waals surface area (Å²) in [5.74, 6) is -0.533.